The fourth-order valence-electron chi connectivity index (χ4n) is 3.29. The first-order valence-corrected chi connectivity index (χ1v) is 11.5. The van der Waals surface area contributed by atoms with E-state index in [1.165, 1.54) is 36.4 Å². The van der Waals surface area contributed by atoms with Crippen LogP contribution in [0.2, 0.25) is 0 Å². The molecule has 188 valence electrons. The summed E-state index contributed by atoms with van der Waals surface area (Å²) >= 11 is 0. The van der Waals surface area contributed by atoms with Gasteiger partial charge in [0.15, 0.2) is 0 Å². The molecule has 0 radical (unpaired) electrons. The van der Waals surface area contributed by atoms with Gasteiger partial charge in [0.25, 0.3) is 11.8 Å². The Morgan fingerprint density at radius 3 is 1.69 bits per heavy atom. The van der Waals surface area contributed by atoms with Gasteiger partial charge < -0.3 is 35.5 Å². The lowest BCUT2D eigenvalue weighted by molar-refractivity contribution is -0.0296. The normalized spacial score (nSPS) is 11.7. The summed E-state index contributed by atoms with van der Waals surface area (Å²) in [7, 11) is -3.15. The Bertz CT molecular complexity index is 978. The number of hydrogen-bond donors (Lipinski definition) is 6. The smallest absolute Gasteiger partial charge is 0.423 e. The average Bonchev–Trinajstić information content (AvgIpc) is 2.78. The van der Waals surface area contributed by atoms with Crippen molar-refractivity contribution < 1.29 is 34.4 Å². The SMILES string of the molecule is CC(C)(CCOC(C)(C)CCNC(=O)c1ccc(B(O)O)cc1)NC(=O)c1ccc(B(O)O)cc1. The number of carbonyl (C=O) groups is 2. The highest BCUT2D eigenvalue weighted by Crippen LogP contribution is 2.17. The van der Waals surface area contributed by atoms with Crippen molar-refractivity contribution in [2.24, 2.45) is 0 Å². The van der Waals surface area contributed by atoms with Crippen LogP contribution in [0, 0.1) is 0 Å². The highest BCUT2D eigenvalue weighted by Gasteiger charge is 2.24. The Balaban J connectivity index is 1.75. The number of amides is 2. The summed E-state index contributed by atoms with van der Waals surface area (Å²) in [6.45, 7) is 8.45. The van der Waals surface area contributed by atoms with Crippen molar-refractivity contribution in [3.8, 4) is 0 Å². The first-order valence-electron chi connectivity index (χ1n) is 11.5. The standard InChI is InChI=1S/C24H34B2N2O7/c1-23(2,28-22(30)18-7-11-20(12-8-18)26(33)34)14-16-35-24(3,4)13-15-27-21(29)17-5-9-19(10-6-17)25(31)32/h5-12,31-34H,13-16H2,1-4H3,(H,27,29)(H,28,30). The molecular weight excluding hydrogens is 450 g/mol. The highest BCUT2D eigenvalue weighted by atomic mass is 16.5. The Kier molecular flexibility index (Phi) is 10.1. The Hall–Kier alpha value is -2.69. The summed E-state index contributed by atoms with van der Waals surface area (Å²) in [5.41, 5.74) is 0.431. The van der Waals surface area contributed by atoms with E-state index >= 15 is 0 Å². The van der Waals surface area contributed by atoms with Gasteiger partial charge in [-0.1, -0.05) is 24.3 Å². The maximum Gasteiger partial charge on any atom is 0.488 e. The molecule has 0 atom stereocenters. The van der Waals surface area contributed by atoms with E-state index in [4.69, 9.17) is 24.8 Å². The molecule has 0 saturated heterocycles. The van der Waals surface area contributed by atoms with E-state index in [0.717, 1.165) is 0 Å². The van der Waals surface area contributed by atoms with Crippen LogP contribution < -0.4 is 21.6 Å². The molecule has 2 amide bonds. The van der Waals surface area contributed by atoms with Crippen LogP contribution in [0.4, 0.5) is 0 Å². The number of rotatable bonds is 12. The van der Waals surface area contributed by atoms with Crippen LogP contribution in [-0.2, 0) is 4.74 Å². The first-order chi connectivity index (χ1) is 16.3. The van der Waals surface area contributed by atoms with Gasteiger partial charge in [-0.2, -0.15) is 0 Å². The second kappa shape index (κ2) is 12.3. The van der Waals surface area contributed by atoms with Gasteiger partial charge in [-0.3, -0.25) is 9.59 Å². The van der Waals surface area contributed by atoms with Crippen LogP contribution in [0.5, 0.6) is 0 Å². The Morgan fingerprint density at radius 1 is 0.771 bits per heavy atom. The third-order valence-electron chi connectivity index (χ3n) is 5.63. The molecule has 2 aromatic rings. The molecule has 2 aromatic carbocycles. The van der Waals surface area contributed by atoms with Crippen molar-refractivity contribution in [2.75, 3.05) is 13.2 Å². The van der Waals surface area contributed by atoms with Gasteiger partial charge >= 0.3 is 14.2 Å². The summed E-state index contributed by atoms with van der Waals surface area (Å²) in [4.78, 5) is 24.8. The highest BCUT2D eigenvalue weighted by molar-refractivity contribution is 6.58. The van der Waals surface area contributed by atoms with Gasteiger partial charge in [-0.25, -0.2) is 0 Å². The minimum atomic E-state index is -1.58. The molecule has 0 unspecified atom stereocenters. The zero-order chi connectivity index (χ0) is 26.2. The summed E-state index contributed by atoms with van der Waals surface area (Å²) in [6.07, 6.45) is 1.13. The van der Waals surface area contributed by atoms with E-state index in [2.05, 4.69) is 10.6 Å². The fraction of sp³-hybridized carbons (Fsp3) is 0.417. The first kappa shape index (κ1) is 28.5. The third kappa shape index (κ3) is 9.46. The second-order valence-corrected chi connectivity index (χ2v) is 9.69. The minimum absolute atomic E-state index is 0.259. The molecule has 11 heteroatoms. The van der Waals surface area contributed by atoms with Crippen molar-refractivity contribution in [2.45, 2.75) is 51.7 Å². The molecule has 6 N–H and O–H groups in total. The lowest BCUT2D eigenvalue weighted by Gasteiger charge is -2.30. The van der Waals surface area contributed by atoms with E-state index in [0.29, 0.717) is 48.0 Å². The van der Waals surface area contributed by atoms with Crippen molar-refractivity contribution in [1.29, 1.82) is 0 Å². The average molecular weight is 484 g/mol. The Labute approximate surface area is 206 Å². The van der Waals surface area contributed by atoms with Crippen molar-refractivity contribution >= 4 is 37.0 Å². The van der Waals surface area contributed by atoms with Crippen LogP contribution in [0.25, 0.3) is 0 Å². The summed E-state index contributed by atoms with van der Waals surface area (Å²) in [5.74, 6) is -0.525. The van der Waals surface area contributed by atoms with Gasteiger partial charge in [0.05, 0.1) is 5.60 Å². The molecular formula is C24H34B2N2O7. The monoisotopic (exact) mass is 484 g/mol. The molecule has 0 fully saturated rings. The maximum atomic E-state index is 12.5. The summed E-state index contributed by atoms with van der Waals surface area (Å²) in [6, 6.07) is 12.1. The van der Waals surface area contributed by atoms with Crippen molar-refractivity contribution in [3.05, 3.63) is 59.7 Å². The van der Waals surface area contributed by atoms with Crippen LogP contribution in [0.15, 0.2) is 48.5 Å². The van der Waals surface area contributed by atoms with Crippen LogP contribution in [0.3, 0.4) is 0 Å². The molecule has 0 aliphatic carbocycles. The quantitative estimate of drug-likeness (QED) is 0.224. The molecule has 2 rings (SSSR count). The molecule has 0 aliphatic heterocycles. The van der Waals surface area contributed by atoms with Gasteiger partial charge in [0, 0.05) is 29.8 Å². The molecule has 0 saturated carbocycles. The van der Waals surface area contributed by atoms with Gasteiger partial charge in [-0.05, 0) is 75.7 Å². The Morgan fingerprint density at radius 2 is 1.23 bits per heavy atom. The van der Waals surface area contributed by atoms with E-state index in [1.54, 1.807) is 12.1 Å². The zero-order valence-electron chi connectivity index (χ0n) is 20.6. The number of carbonyl (C=O) groups excluding carboxylic acids is 2. The van der Waals surface area contributed by atoms with Crippen molar-refractivity contribution in [1.82, 2.24) is 10.6 Å². The van der Waals surface area contributed by atoms with E-state index in [-0.39, 0.29) is 11.8 Å². The molecule has 0 aliphatic rings. The lowest BCUT2D eigenvalue weighted by Crippen LogP contribution is -2.45. The van der Waals surface area contributed by atoms with Gasteiger partial charge in [-0.15, -0.1) is 0 Å². The topological polar surface area (TPSA) is 148 Å². The van der Waals surface area contributed by atoms with Crippen molar-refractivity contribution in [3.63, 3.8) is 0 Å². The molecule has 0 heterocycles. The van der Waals surface area contributed by atoms with Crippen LogP contribution >= 0.6 is 0 Å². The number of benzene rings is 2. The summed E-state index contributed by atoms with van der Waals surface area (Å²) in [5, 5.41) is 42.4. The predicted molar refractivity (Wildman–Crippen MR) is 136 cm³/mol. The van der Waals surface area contributed by atoms with E-state index < -0.39 is 25.4 Å². The number of hydrogen-bond acceptors (Lipinski definition) is 7. The minimum Gasteiger partial charge on any atom is -0.423 e. The molecule has 0 aromatic heterocycles. The molecule has 9 nitrogen and oxygen atoms in total. The van der Waals surface area contributed by atoms with E-state index in [1.807, 2.05) is 27.7 Å². The lowest BCUT2D eigenvalue weighted by atomic mass is 9.80. The van der Waals surface area contributed by atoms with E-state index in [9.17, 15) is 9.59 Å². The molecule has 35 heavy (non-hydrogen) atoms. The zero-order valence-corrected chi connectivity index (χ0v) is 20.6. The largest absolute Gasteiger partial charge is 0.488 e. The third-order valence-corrected chi connectivity index (χ3v) is 5.63. The van der Waals surface area contributed by atoms with Gasteiger partial charge in [0.1, 0.15) is 0 Å². The molecule has 0 bridgehead atoms. The predicted octanol–water partition coefficient (Wildman–Crippen LogP) is -0.440. The van der Waals surface area contributed by atoms with Crippen LogP contribution in [-0.4, -0.2) is 70.4 Å². The number of nitrogens with one attached hydrogen (secondary N) is 2. The van der Waals surface area contributed by atoms with Gasteiger partial charge in [0.2, 0.25) is 0 Å². The number of ether oxygens (including phenoxy) is 1. The fourth-order valence-corrected chi connectivity index (χ4v) is 3.29. The summed E-state index contributed by atoms with van der Waals surface area (Å²) < 4.78 is 6.01. The molecule has 0 spiro atoms. The second-order valence-electron chi connectivity index (χ2n) is 9.69. The maximum absolute atomic E-state index is 12.5. The van der Waals surface area contributed by atoms with Crippen LogP contribution in [0.1, 0.15) is 61.3 Å².